The Kier molecular flexibility index (Phi) is 7.33. The number of nitrogens with one attached hydrogen (secondary N) is 2. The Morgan fingerprint density at radius 1 is 1.08 bits per heavy atom. The Hall–Kier alpha value is -4.26. The van der Waals surface area contributed by atoms with Crippen LogP contribution in [0.25, 0.3) is 22.6 Å². The van der Waals surface area contributed by atoms with Gasteiger partial charge in [-0.2, -0.15) is 23.3 Å². The predicted molar refractivity (Wildman–Crippen MR) is 138 cm³/mol. The fourth-order valence-electron chi connectivity index (χ4n) is 4.43. The van der Waals surface area contributed by atoms with Gasteiger partial charge in [0.25, 0.3) is 0 Å². The lowest BCUT2D eigenvalue weighted by molar-refractivity contribution is 0.0196. The third-order valence-corrected chi connectivity index (χ3v) is 6.60. The van der Waals surface area contributed by atoms with Gasteiger partial charge in [0.1, 0.15) is 11.6 Å². The number of hydrogen-bond acceptors (Lipinski definition) is 9. The summed E-state index contributed by atoms with van der Waals surface area (Å²) in [6.45, 7) is -0.938. The molecule has 1 aliphatic carbocycles. The smallest absolute Gasteiger partial charge is 0.333 e. The summed E-state index contributed by atoms with van der Waals surface area (Å²) in [6.07, 6.45) is 6.97. The predicted octanol–water partition coefficient (Wildman–Crippen LogP) is 5.19. The molecule has 4 aromatic rings. The maximum absolute atomic E-state index is 14.5. The van der Waals surface area contributed by atoms with E-state index in [-0.39, 0.29) is 23.3 Å². The number of aliphatic hydroxyl groups is 1. The standard InChI is InChI=1S/C26H27F3N8O2/c1-26(38)9-5-15(6-10-26)32-19-13-21(31-14-17(19)18-8-12-37(36-18)25(28)29)33-20-7-11-30-24(34-20)16-3-4-22(39-2)35-23(16)27/h3-4,7-8,11-15,25,38H,5-6,9-10H2,1-2H3,(H2,30,31,32,33,34). The number of hydrogen-bond donors (Lipinski definition) is 3. The Balaban J connectivity index is 1.43. The second-order valence-electron chi connectivity index (χ2n) is 9.57. The zero-order chi connectivity index (χ0) is 27.6. The number of halogens is 3. The van der Waals surface area contributed by atoms with Crippen molar-refractivity contribution >= 4 is 17.3 Å². The molecule has 13 heteroatoms. The van der Waals surface area contributed by atoms with E-state index in [0.29, 0.717) is 46.1 Å². The summed E-state index contributed by atoms with van der Waals surface area (Å²) in [4.78, 5) is 16.7. The molecule has 0 radical (unpaired) electrons. The van der Waals surface area contributed by atoms with Gasteiger partial charge >= 0.3 is 6.55 Å². The minimum atomic E-state index is -2.76. The first-order valence-corrected chi connectivity index (χ1v) is 12.3. The maximum Gasteiger partial charge on any atom is 0.333 e. The van der Waals surface area contributed by atoms with E-state index < -0.39 is 18.1 Å². The molecule has 0 aromatic carbocycles. The van der Waals surface area contributed by atoms with Gasteiger partial charge in [-0.1, -0.05) is 0 Å². The number of nitrogens with zero attached hydrogens (tertiary/aromatic N) is 6. The molecule has 4 aromatic heterocycles. The minimum absolute atomic E-state index is 0.0626. The van der Waals surface area contributed by atoms with Crippen LogP contribution < -0.4 is 15.4 Å². The summed E-state index contributed by atoms with van der Waals surface area (Å²) in [6, 6.07) is 7.90. The highest BCUT2D eigenvalue weighted by atomic mass is 19.3. The molecule has 5 rings (SSSR count). The minimum Gasteiger partial charge on any atom is -0.481 e. The van der Waals surface area contributed by atoms with Gasteiger partial charge in [0.15, 0.2) is 5.82 Å². The summed E-state index contributed by atoms with van der Waals surface area (Å²) in [5.41, 5.74) is 0.927. The van der Waals surface area contributed by atoms with Gasteiger partial charge in [0, 0.05) is 48.0 Å². The number of alkyl halides is 2. The molecule has 0 atom stereocenters. The first-order chi connectivity index (χ1) is 18.7. The molecule has 0 bridgehead atoms. The van der Waals surface area contributed by atoms with Crippen molar-refractivity contribution in [1.82, 2.24) is 29.7 Å². The van der Waals surface area contributed by atoms with Gasteiger partial charge in [-0.25, -0.2) is 19.6 Å². The van der Waals surface area contributed by atoms with Crippen molar-refractivity contribution in [3.63, 3.8) is 0 Å². The van der Waals surface area contributed by atoms with Crippen LogP contribution in [0.1, 0.15) is 39.2 Å². The lowest BCUT2D eigenvalue weighted by atomic mass is 9.83. The van der Waals surface area contributed by atoms with Crippen LogP contribution in [0.2, 0.25) is 0 Å². The number of methoxy groups -OCH3 is 1. The van der Waals surface area contributed by atoms with E-state index in [1.807, 2.05) is 6.92 Å². The molecule has 1 fully saturated rings. The largest absolute Gasteiger partial charge is 0.481 e. The van der Waals surface area contributed by atoms with Crippen LogP contribution in [0.3, 0.4) is 0 Å². The molecule has 0 unspecified atom stereocenters. The van der Waals surface area contributed by atoms with Gasteiger partial charge in [-0.3, -0.25) is 0 Å². The van der Waals surface area contributed by atoms with Gasteiger partial charge < -0.3 is 20.5 Å². The Labute approximate surface area is 222 Å². The zero-order valence-corrected chi connectivity index (χ0v) is 21.3. The van der Waals surface area contributed by atoms with Crippen LogP contribution in [0.5, 0.6) is 5.88 Å². The average molecular weight is 541 g/mol. The Bertz CT molecular complexity index is 1450. The molecule has 1 aliphatic rings. The van der Waals surface area contributed by atoms with Crippen molar-refractivity contribution in [1.29, 1.82) is 0 Å². The van der Waals surface area contributed by atoms with Gasteiger partial charge in [-0.15, -0.1) is 0 Å². The molecule has 0 saturated heterocycles. The number of aromatic nitrogens is 6. The lowest BCUT2D eigenvalue weighted by Gasteiger charge is -2.34. The van der Waals surface area contributed by atoms with E-state index in [1.165, 1.54) is 43.9 Å². The topological polar surface area (TPSA) is 123 Å². The fourth-order valence-corrected chi connectivity index (χ4v) is 4.43. The quantitative estimate of drug-likeness (QED) is 0.259. The lowest BCUT2D eigenvalue weighted by Crippen LogP contribution is -2.35. The van der Waals surface area contributed by atoms with Gasteiger partial charge in [0.05, 0.1) is 24.0 Å². The average Bonchev–Trinajstić information content (AvgIpc) is 3.41. The highest BCUT2D eigenvalue weighted by molar-refractivity contribution is 5.78. The second kappa shape index (κ2) is 10.8. The highest BCUT2D eigenvalue weighted by Gasteiger charge is 2.29. The molecule has 0 aliphatic heterocycles. The van der Waals surface area contributed by atoms with E-state index in [1.54, 1.807) is 12.1 Å². The third kappa shape index (κ3) is 6.08. The van der Waals surface area contributed by atoms with Crippen molar-refractivity contribution in [3.8, 4) is 28.5 Å². The first-order valence-electron chi connectivity index (χ1n) is 12.3. The molecule has 3 N–H and O–H groups in total. The molecular weight excluding hydrogens is 513 g/mol. The molecule has 10 nitrogen and oxygen atoms in total. The molecule has 0 amide bonds. The molecule has 39 heavy (non-hydrogen) atoms. The molecule has 4 heterocycles. The fraction of sp³-hybridized carbons (Fsp3) is 0.346. The van der Waals surface area contributed by atoms with E-state index >= 15 is 0 Å². The van der Waals surface area contributed by atoms with E-state index in [4.69, 9.17) is 4.74 Å². The number of ether oxygens (including phenoxy) is 1. The van der Waals surface area contributed by atoms with E-state index in [2.05, 4.69) is 35.7 Å². The van der Waals surface area contributed by atoms with Crippen molar-refractivity contribution in [2.45, 2.75) is 50.8 Å². The van der Waals surface area contributed by atoms with Crippen LogP contribution in [0, 0.1) is 5.95 Å². The van der Waals surface area contributed by atoms with E-state index in [0.717, 1.165) is 12.8 Å². The summed E-state index contributed by atoms with van der Waals surface area (Å²) >= 11 is 0. The van der Waals surface area contributed by atoms with Crippen LogP contribution in [-0.4, -0.2) is 53.6 Å². The summed E-state index contributed by atoms with van der Waals surface area (Å²) in [7, 11) is 1.40. The zero-order valence-electron chi connectivity index (χ0n) is 21.3. The Morgan fingerprint density at radius 3 is 2.56 bits per heavy atom. The maximum atomic E-state index is 14.5. The number of pyridine rings is 2. The summed E-state index contributed by atoms with van der Waals surface area (Å²) in [5.74, 6) is 0.256. The first kappa shape index (κ1) is 26.4. The van der Waals surface area contributed by atoms with Gasteiger partial charge in [-0.05, 0) is 50.8 Å². The van der Waals surface area contributed by atoms with Crippen LogP contribution in [0.4, 0.5) is 30.5 Å². The summed E-state index contributed by atoms with van der Waals surface area (Å²) in [5, 5.41) is 20.9. The molecule has 204 valence electrons. The summed E-state index contributed by atoms with van der Waals surface area (Å²) < 4.78 is 46.3. The van der Waals surface area contributed by atoms with Crippen LogP contribution >= 0.6 is 0 Å². The van der Waals surface area contributed by atoms with Crippen LogP contribution in [0.15, 0.2) is 48.9 Å². The number of anilines is 3. The van der Waals surface area contributed by atoms with E-state index in [9.17, 15) is 18.3 Å². The van der Waals surface area contributed by atoms with Crippen molar-refractivity contribution in [2.75, 3.05) is 17.7 Å². The Morgan fingerprint density at radius 2 is 1.87 bits per heavy atom. The van der Waals surface area contributed by atoms with Gasteiger partial charge in [0.2, 0.25) is 11.8 Å². The molecule has 0 spiro atoms. The van der Waals surface area contributed by atoms with Crippen molar-refractivity contribution in [3.05, 3.63) is 54.9 Å². The highest BCUT2D eigenvalue weighted by Crippen LogP contribution is 2.34. The molecular formula is C26H27F3N8O2. The normalized spacial score (nSPS) is 19.2. The van der Waals surface area contributed by atoms with Crippen molar-refractivity contribution < 1.29 is 23.0 Å². The monoisotopic (exact) mass is 540 g/mol. The second-order valence-corrected chi connectivity index (χ2v) is 9.57. The van der Waals surface area contributed by atoms with Crippen LogP contribution in [-0.2, 0) is 0 Å². The SMILES string of the molecule is COc1ccc(-c2nccc(Nc3cc(NC4CCC(C)(O)CC4)c(-c4ccn(C(F)F)n4)cn3)n2)c(F)n1. The third-order valence-electron chi connectivity index (χ3n) is 6.60. The number of rotatable bonds is 8. The van der Waals surface area contributed by atoms with Crippen molar-refractivity contribution in [2.24, 2.45) is 0 Å². The molecule has 1 saturated carbocycles.